The molecule has 9 heteroatoms. The molecule has 0 aliphatic carbocycles. The van der Waals surface area contributed by atoms with Crippen molar-refractivity contribution in [2.45, 2.75) is 31.7 Å². The first kappa shape index (κ1) is 16.9. The van der Waals surface area contributed by atoms with Gasteiger partial charge < -0.3 is 0 Å². The second kappa shape index (κ2) is 6.76. The summed E-state index contributed by atoms with van der Waals surface area (Å²) in [6, 6.07) is 0. The number of sulfonamides is 1. The lowest BCUT2D eigenvalue weighted by Gasteiger charge is -2.25. The Morgan fingerprint density at radius 2 is 1.90 bits per heavy atom. The normalized spacial score (nSPS) is 18.2. The standard InChI is InChI=1S/C12H20ClN3O3S2/c1-10-12(11(2)16(14-10)5-3-4-13)21(18,19)15-6-8-20(17)9-7-15/h3-9H2,1-2H3. The lowest BCUT2D eigenvalue weighted by atomic mass is 10.4. The van der Waals surface area contributed by atoms with E-state index in [-0.39, 0.29) is 4.90 Å². The van der Waals surface area contributed by atoms with E-state index in [0.717, 1.165) is 6.42 Å². The van der Waals surface area contributed by atoms with E-state index in [0.29, 0.717) is 48.4 Å². The summed E-state index contributed by atoms with van der Waals surface area (Å²) in [6.07, 6.45) is 0.742. The predicted molar refractivity (Wildman–Crippen MR) is 83.7 cm³/mol. The number of aryl methyl sites for hydroxylation is 2. The third kappa shape index (κ3) is 3.49. The fourth-order valence-electron chi connectivity index (χ4n) is 2.47. The Kier molecular flexibility index (Phi) is 5.45. The van der Waals surface area contributed by atoms with Crippen molar-refractivity contribution in [1.29, 1.82) is 0 Å². The highest BCUT2D eigenvalue weighted by atomic mass is 35.5. The molecule has 0 N–H and O–H groups in total. The van der Waals surface area contributed by atoms with Crippen molar-refractivity contribution in [2.24, 2.45) is 0 Å². The fourth-order valence-corrected chi connectivity index (χ4v) is 5.69. The first-order valence-corrected chi connectivity index (χ1v) is 10.3. The SMILES string of the molecule is Cc1nn(CCCCl)c(C)c1S(=O)(=O)N1CCS(=O)CC1. The molecule has 0 amide bonds. The molecule has 1 aliphatic rings. The lowest BCUT2D eigenvalue weighted by Crippen LogP contribution is -2.42. The van der Waals surface area contributed by atoms with Gasteiger partial charge in [0.25, 0.3) is 0 Å². The Bertz CT molecular complexity index is 632. The van der Waals surface area contributed by atoms with E-state index in [9.17, 15) is 12.6 Å². The van der Waals surface area contributed by atoms with E-state index in [2.05, 4.69) is 5.10 Å². The molecule has 120 valence electrons. The van der Waals surface area contributed by atoms with Crippen molar-refractivity contribution in [3.05, 3.63) is 11.4 Å². The summed E-state index contributed by atoms with van der Waals surface area (Å²) >= 11 is 5.68. The molecule has 0 unspecified atom stereocenters. The summed E-state index contributed by atoms with van der Waals surface area (Å²) < 4.78 is 40.0. The van der Waals surface area contributed by atoms with Crippen LogP contribution < -0.4 is 0 Å². The van der Waals surface area contributed by atoms with Crippen LogP contribution in [0.2, 0.25) is 0 Å². The smallest absolute Gasteiger partial charge is 0.246 e. The maximum Gasteiger partial charge on any atom is 0.246 e. The predicted octanol–water partition coefficient (Wildman–Crippen LogP) is 0.882. The Hall–Kier alpha value is -0.440. The van der Waals surface area contributed by atoms with Gasteiger partial charge in [0, 0.05) is 47.8 Å². The zero-order valence-electron chi connectivity index (χ0n) is 12.2. The van der Waals surface area contributed by atoms with E-state index in [1.54, 1.807) is 18.5 Å². The average Bonchev–Trinajstić information content (AvgIpc) is 2.72. The summed E-state index contributed by atoms with van der Waals surface area (Å²) in [5, 5.41) is 4.32. The molecular weight excluding hydrogens is 334 g/mol. The van der Waals surface area contributed by atoms with E-state index in [1.165, 1.54) is 4.31 Å². The summed E-state index contributed by atoms with van der Waals surface area (Å²) in [5.41, 5.74) is 1.15. The Morgan fingerprint density at radius 3 is 2.48 bits per heavy atom. The molecule has 6 nitrogen and oxygen atoms in total. The van der Waals surface area contributed by atoms with Gasteiger partial charge in [0.1, 0.15) is 4.90 Å². The number of hydrogen-bond donors (Lipinski definition) is 0. The molecule has 1 saturated heterocycles. The van der Waals surface area contributed by atoms with Gasteiger partial charge in [-0.2, -0.15) is 9.40 Å². The van der Waals surface area contributed by atoms with Crippen LogP contribution in [0.3, 0.4) is 0 Å². The molecule has 21 heavy (non-hydrogen) atoms. The second-order valence-electron chi connectivity index (χ2n) is 5.02. The minimum atomic E-state index is -3.57. The van der Waals surface area contributed by atoms with E-state index < -0.39 is 20.8 Å². The number of aromatic nitrogens is 2. The van der Waals surface area contributed by atoms with Crippen molar-refractivity contribution in [3.8, 4) is 0 Å². The van der Waals surface area contributed by atoms with Gasteiger partial charge in [-0.05, 0) is 20.3 Å². The van der Waals surface area contributed by atoms with Crippen LogP contribution >= 0.6 is 11.6 Å². The van der Waals surface area contributed by atoms with Gasteiger partial charge >= 0.3 is 0 Å². The lowest BCUT2D eigenvalue weighted by molar-refractivity contribution is 0.437. The number of alkyl halides is 1. The third-order valence-electron chi connectivity index (χ3n) is 3.55. The van der Waals surface area contributed by atoms with E-state index >= 15 is 0 Å². The van der Waals surface area contributed by atoms with Crippen LogP contribution in [0.5, 0.6) is 0 Å². The fraction of sp³-hybridized carbons (Fsp3) is 0.750. The number of nitrogens with zero attached hydrogens (tertiary/aromatic N) is 3. The zero-order valence-corrected chi connectivity index (χ0v) is 14.6. The van der Waals surface area contributed by atoms with Crippen LogP contribution in [0.15, 0.2) is 4.90 Å². The van der Waals surface area contributed by atoms with Crippen molar-refractivity contribution >= 4 is 32.4 Å². The molecule has 0 spiro atoms. The highest BCUT2D eigenvalue weighted by molar-refractivity contribution is 7.89. The average molecular weight is 354 g/mol. The number of hydrogen-bond acceptors (Lipinski definition) is 4. The van der Waals surface area contributed by atoms with Crippen molar-refractivity contribution in [2.75, 3.05) is 30.5 Å². The Labute approximate surface area is 133 Å². The van der Waals surface area contributed by atoms with Gasteiger partial charge in [-0.15, -0.1) is 11.6 Å². The summed E-state index contributed by atoms with van der Waals surface area (Å²) in [4.78, 5) is 0.282. The largest absolute Gasteiger partial charge is 0.268 e. The molecule has 0 saturated carbocycles. The maximum absolute atomic E-state index is 12.8. The molecule has 0 radical (unpaired) electrons. The van der Waals surface area contributed by atoms with Crippen LogP contribution in [0.4, 0.5) is 0 Å². The maximum atomic E-state index is 12.8. The van der Waals surface area contributed by atoms with Crippen LogP contribution in [-0.2, 0) is 27.4 Å². The zero-order chi connectivity index (χ0) is 15.6. The van der Waals surface area contributed by atoms with Gasteiger partial charge in [0.15, 0.2) is 0 Å². The van der Waals surface area contributed by atoms with Gasteiger partial charge in [0.2, 0.25) is 10.0 Å². The summed E-state index contributed by atoms with van der Waals surface area (Å²) in [6.45, 7) is 4.69. The minimum Gasteiger partial charge on any atom is -0.268 e. The molecular formula is C12H20ClN3O3S2. The monoisotopic (exact) mass is 353 g/mol. The van der Waals surface area contributed by atoms with Crippen LogP contribution in [-0.4, -0.2) is 57.2 Å². The van der Waals surface area contributed by atoms with Crippen LogP contribution in [0.1, 0.15) is 17.8 Å². The molecule has 0 atom stereocenters. The van der Waals surface area contributed by atoms with Gasteiger partial charge in [0.05, 0.1) is 11.4 Å². The number of rotatable bonds is 5. The summed E-state index contributed by atoms with van der Waals surface area (Å²) in [7, 11) is -4.47. The molecule has 1 aromatic rings. The highest BCUT2D eigenvalue weighted by Crippen LogP contribution is 2.24. The van der Waals surface area contributed by atoms with Gasteiger partial charge in [-0.1, -0.05) is 0 Å². The molecule has 2 heterocycles. The van der Waals surface area contributed by atoms with Crippen molar-refractivity contribution in [1.82, 2.24) is 14.1 Å². The van der Waals surface area contributed by atoms with E-state index in [4.69, 9.17) is 11.6 Å². The molecule has 0 bridgehead atoms. The molecule has 1 fully saturated rings. The van der Waals surface area contributed by atoms with Crippen molar-refractivity contribution in [3.63, 3.8) is 0 Å². The number of halogens is 1. The van der Waals surface area contributed by atoms with Gasteiger partial charge in [-0.3, -0.25) is 8.89 Å². The van der Waals surface area contributed by atoms with Gasteiger partial charge in [-0.25, -0.2) is 8.42 Å². The first-order chi connectivity index (χ1) is 9.87. The summed E-state index contributed by atoms with van der Waals surface area (Å²) in [5.74, 6) is 1.31. The quantitative estimate of drug-likeness (QED) is 0.737. The molecule has 2 rings (SSSR count). The minimum absolute atomic E-state index is 0.282. The highest BCUT2D eigenvalue weighted by Gasteiger charge is 2.32. The first-order valence-electron chi connectivity index (χ1n) is 6.83. The topological polar surface area (TPSA) is 72.3 Å². The molecule has 1 aromatic heterocycles. The van der Waals surface area contributed by atoms with Crippen molar-refractivity contribution < 1.29 is 12.6 Å². The Morgan fingerprint density at radius 1 is 1.29 bits per heavy atom. The second-order valence-corrected chi connectivity index (χ2v) is 8.97. The molecule has 0 aromatic carbocycles. The molecule has 1 aliphatic heterocycles. The van der Waals surface area contributed by atoms with Crippen LogP contribution in [0.25, 0.3) is 0 Å². The van der Waals surface area contributed by atoms with E-state index in [1.807, 2.05) is 0 Å². The van der Waals surface area contributed by atoms with Crippen LogP contribution in [0, 0.1) is 13.8 Å². The third-order valence-corrected chi connectivity index (χ3v) is 7.25. The Balaban J connectivity index is 2.31.